The normalized spacial score (nSPS) is 12.2. The fraction of sp³-hybridized carbons (Fsp3) is 0.889. The van der Waals surface area contributed by atoms with Crippen LogP contribution < -0.4 is 0 Å². The van der Waals surface area contributed by atoms with E-state index < -0.39 is 12.4 Å². The zero-order valence-electron chi connectivity index (χ0n) is 8.54. The van der Waals surface area contributed by atoms with E-state index in [1.54, 1.807) is 0 Å². The molecule has 4 heteroatoms. The molecule has 1 atom stereocenters. The number of hydrogen-bond donors (Lipinski definition) is 0. The summed E-state index contributed by atoms with van der Waals surface area (Å²) in [4.78, 5) is 10.9. The van der Waals surface area contributed by atoms with Crippen molar-refractivity contribution >= 4 is 6.16 Å². The van der Waals surface area contributed by atoms with Crippen LogP contribution in [0.4, 0.5) is 4.79 Å². The van der Waals surface area contributed by atoms with Crippen LogP contribution in [0.2, 0.25) is 0 Å². The zero-order chi connectivity index (χ0) is 10.1. The lowest BCUT2D eigenvalue weighted by Crippen LogP contribution is -2.20. The molecular weight excluding hydrogens is 172 g/mol. The van der Waals surface area contributed by atoms with Crippen molar-refractivity contribution in [3.8, 4) is 0 Å². The minimum atomic E-state index is -0.651. The summed E-state index contributed by atoms with van der Waals surface area (Å²) < 4.78 is 14.4. The number of methoxy groups -OCH3 is 1. The predicted octanol–water partition coefficient (Wildman–Crippen LogP) is 2.32. The molecule has 0 aromatic heterocycles. The van der Waals surface area contributed by atoms with Crippen molar-refractivity contribution in [2.24, 2.45) is 0 Å². The lowest BCUT2D eigenvalue weighted by atomic mass is 10.4. The van der Waals surface area contributed by atoms with Gasteiger partial charge in [-0.05, 0) is 6.42 Å². The Hall–Kier alpha value is -0.770. The van der Waals surface area contributed by atoms with Gasteiger partial charge in [-0.25, -0.2) is 4.79 Å². The number of carbonyl (C=O) groups excluding carboxylic acids is 1. The minimum Gasteiger partial charge on any atom is -0.434 e. The van der Waals surface area contributed by atoms with E-state index in [2.05, 4.69) is 0 Å². The summed E-state index contributed by atoms with van der Waals surface area (Å²) in [6.07, 6.45) is 1.34. The average molecular weight is 190 g/mol. The first-order chi connectivity index (χ1) is 6.24. The van der Waals surface area contributed by atoms with E-state index in [1.165, 1.54) is 7.11 Å². The smallest absolute Gasteiger partial charge is 0.434 e. The molecule has 0 fully saturated rings. The van der Waals surface area contributed by atoms with Crippen molar-refractivity contribution in [1.29, 1.82) is 0 Å². The Balaban J connectivity index is 3.48. The van der Waals surface area contributed by atoms with E-state index in [0.29, 0.717) is 13.0 Å². The molecule has 0 aromatic rings. The topological polar surface area (TPSA) is 44.8 Å². The largest absolute Gasteiger partial charge is 0.510 e. The summed E-state index contributed by atoms with van der Waals surface area (Å²) in [7, 11) is 1.49. The van der Waals surface area contributed by atoms with Gasteiger partial charge in [0, 0.05) is 13.5 Å². The Bertz CT molecular complexity index is 132. The summed E-state index contributed by atoms with van der Waals surface area (Å²) in [5, 5.41) is 0. The van der Waals surface area contributed by atoms with E-state index in [1.807, 2.05) is 13.8 Å². The second-order valence-electron chi connectivity index (χ2n) is 2.64. The molecule has 0 amide bonds. The highest BCUT2D eigenvalue weighted by Gasteiger charge is 2.11. The van der Waals surface area contributed by atoms with Crippen LogP contribution in [0.5, 0.6) is 0 Å². The second-order valence-corrected chi connectivity index (χ2v) is 2.64. The number of hydrogen-bond acceptors (Lipinski definition) is 4. The predicted molar refractivity (Wildman–Crippen MR) is 48.4 cm³/mol. The van der Waals surface area contributed by atoms with Crippen LogP contribution in [0.3, 0.4) is 0 Å². The van der Waals surface area contributed by atoms with Crippen LogP contribution >= 0.6 is 0 Å². The van der Waals surface area contributed by atoms with E-state index in [0.717, 1.165) is 12.8 Å². The van der Waals surface area contributed by atoms with Gasteiger partial charge in [0.15, 0.2) is 0 Å². The van der Waals surface area contributed by atoms with Gasteiger partial charge in [0.25, 0.3) is 0 Å². The fourth-order valence-corrected chi connectivity index (χ4v) is 0.739. The van der Waals surface area contributed by atoms with Crippen LogP contribution in [0.15, 0.2) is 0 Å². The molecule has 0 aromatic carbocycles. The Morgan fingerprint density at radius 1 is 1.38 bits per heavy atom. The Morgan fingerprint density at radius 2 is 2.08 bits per heavy atom. The molecule has 0 radical (unpaired) electrons. The molecular formula is C9H18O4. The van der Waals surface area contributed by atoms with E-state index in [4.69, 9.17) is 14.2 Å². The molecule has 0 saturated carbocycles. The maximum absolute atomic E-state index is 10.9. The fourth-order valence-electron chi connectivity index (χ4n) is 0.739. The van der Waals surface area contributed by atoms with Crippen molar-refractivity contribution in [2.45, 2.75) is 39.4 Å². The molecule has 0 bridgehead atoms. The van der Waals surface area contributed by atoms with Gasteiger partial charge in [-0.2, -0.15) is 0 Å². The van der Waals surface area contributed by atoms with Crippen molar-refractivity contribution in [3.63, 3.8) is 0 Å². The maximum Gasteiger partial charge on any atom is 0.510 e. The molecule has 0 saturated heterocycles. The molecule has 13 heavy (non-hydrogen) atoms. The van der Waals surface area contributed by atoms with Crippen molar-refractivity contribution in [2.75, 3.05) is 13.7 Å². The molecule has 0 rings (SSSR count). The lowest BCUT2D eigenvalue weighted by Gasteiger charge is -2.13. The monoisotopic (exact) mass is 190 g/mol. The number of ether oxygens (including phenoxy) is 3. The van der Waals surface area contributed by atoms with Crippen molar-refractivity contribution in [1.82, 2.24) is 0 Å². The second kappa shape index (κ2) is 7.86. The Labute approximate surface area is 79.2 Å². The van der Waals surface area contributed by atoms with E-state index in [9.17, 15) is 4.79 Å². The van der Waals surface area contributed by atoms with Gasteiger partial charge in [0.05, 0.1) is 6.61 Å². The van der Waals surface area contributed by atoms with Gasteiger partial charge in [-0.15, -0.1) is 0 Å². The molecule has 0 N–H and O–H groups in total. The third-order valence-corrected chi connectivity index (χ3v) is 1.54. The van der Waals surface area contributed by atoms with Gasteiger partial charge in [0.2, 0.25) is 6.29 Å². The van der Waals surface area contributed by atoms with Gasteiger partial charge < -0.3 is 14.2 Å². The van der Waals surface area contributed by atoms with Gasteiger partial charge in [-0.3, -0.25) is 0 Å². The SMILES string of the molecule is CCCCOC(=O)OC(CC)OC. The highest BCUT2D eigenvalue weighted by Crippen LogP contribution is 2.01. The number of unbranched alkanes of at least 4 members (excludes halogenated alkanes) is 1. The first-order valence-corrected chi connectivity index (χ1v) is 4.60. The van der Waals surface area contributed by atoms with Crippen molar-refractivity contribution < 1.29 is 19.0 Å². The molecule has 0 heterocycles. The first-order valence-electron chi connectivity index (χ1n) is 4.60. The molecule has 0 spiro atoms. The quantitative estimate of drug-likeness (QED) is 0.366. The standard InChI is InChI=1S/C9H18O4/c1-4-6-7-12-9(10)13-8(5-2)11-3/h8H,4-7H2,1-3H3. The van der Waals surface area contributed by atoms with E-state index >= 15 is 0 Å². The Kier molecular flexibility index (Phi) is 7.39. The molecule has 0 aliphatic rings. The minimum absolute atomic E-state index is 0.412. The highest BCUT2D eigenvalue weighted by atomic mass is 16.8. The third kappa shape index (κ3) is 6.40. The van der Waals surface area contributed by atoms with Crippen LogP contribution in [-0.2, 0) is 14.2 Å². The van der Waals surface area contributed by atoms with Crippen LogP contribution in [0.1, 0.15) is 33.1 Å². The van der Waals surface area contributed by atoms with Crippen LogP contribution in [-0.4, -0.2) is 26.2 Å². The van der Waals surface area contributed by atoms with Gasteiger partial charge in [0.1, 0.15) is 0 Å². The molecule has 78 valence electrons. The summed E-state index contributed by atoms with van der Waals surface area (Å²) >= 11 is 0. The first kappa shape index (κ1) is 12.2. The molecule has 0 aliphatic carbocycles. The summed E-state index contributed by atoms with van der Waals surface area (Å²) in [6, 6.07) is 0. The van der Waals surface area contributed by atoms with E-state index in [-0.39, 0.29) is 0 Å². The number of carbonyl (C=O) groups is 1. The lowest BCUT2D eigenvalue weighted by molar-refractivity contribution is -0.104. The van der Waals surface area contributed by atoms with Crippen LogP contribution in [0, 0.1) is 0 Å². The van der Waals surface area contributed by atoms with Gasteiger partial charge >= 0.3 is 6.16 Å². The third-order valence-electron chi connectivity index (χ3n) is 1.54. The van der Waals surface area contributed by atoms with Gasteiger partial charge in [-0.1, -0.05) is 20.3 Å². The summed E-state index contributed by atoms with van der Waals surface area (Å²) in [6.45, 7) is 4.31. The molecule has 4 nitrogen and oxygen atoms in total. The molecule has 0 aliphatic heterocycles. The average Bonchev–Trinajstić information content (AvgIpc) is 2.14. The van der Waals surface area contributed by atoms with Crippen molar-refractivity contribution in [3.05, 3.63) is 0 Å². The number of rotatable bonds is 6. The zero-order valence-corrected chi connectivity index (χ0v) is 8.54. The summed E-state index contributed by atoms with van der Waals surface area (Å²) in [5.74, 6) is 0. The Morgan fingerprint density at radius 3 is 2.54 bits per heavy atom. The highest BCUT2D eigenvalue weighted by molar-refractivity contribution is 5.59. The molecule has 1 unspecified atom stereocenters. The summed E-state index contributed by atoms with van der Waals surface area (Å²) in [5.41, 5.74) is 0. The van der Waals surface area contributed by atoms with Crippen LogP contribution in [0.25, 0.3) is 0 Å². The maximum atomic E-state index is 10.9.